The summed E-state index contributed by atoms with van der Waals surface area (Å²) in [6.07, 6.45) is 1.11. The minimum Gasteiger partial charge on any atom is -0.444 e. The topological polar surface area (TPSA) is 50.4 Å². The molecule has 0 saturated heterocycles. The first-order valence-corrected chi connectivity index (χ1v) is 7.09. The summed E-state index contributed by atoms with van der Waals surface area (Å²) >= 11 is 5.25. The van der Waals surface area contributed by atoms with Gasteiger partial charge in [-0.3, -0.25) is 0 Å². The molecule has 20 heavy (non-hydrogen) atoms. The third-order valence-electron chi connectivity index (χ3n) is 2.31. The van der Waals surface area contributed by atoms with E-state index in [1.165, 1.54) is 0 Å². The van der Waals surface area contributed by atoms with Gasteiger partial charge in [-0.2, -0.15) is 0 Å². The summed E-state index contributed by atoms with van der Waals surface area (Å²) in [6, 6.07) is 9.79. The van der Waals surface area contributed by atoms with Gasteiger partial charge in [-0.15, -0.1) is 0 Å². The molecule has 2 N–H and O–H groups in total. The molecule has 1 amide bonds. The third kappa shape index (κ3) is 7.74. The van der Waals surface area contributed by atoms with Crippen molar-refractivity contribution in [3.63, 3.8) is 0 Å². The van der Waals surface area contributed by atoms with E-state index in [2.05, 4.69) is 10.6 Å². The van der Waals surface area contributed by atoms with Crippen molar-refractivity contribution in [2.24, 2.45) is 0 Å². The molecule has 4 nitrogen and oxygen atoms in total. The van der Waals surface area contributed by atoms with Crippen LogP contribution in [-0.4, -0.2) is 23.2 Å². The van der Waals surface area contributed by atoms with Crippen LogP contribution in [0.1, 0.15) is 33.6 Å². The molecule has 110 valence electrons. The van der Waals surface area contributed by atoms with Gasteiger partial charge in [-0.05, 0) is 45.7 Å². The molecule has 1 aromatic carbocycles. The van der Waals surface area contributed by atoms with Crippen molar-refractivity contribution < 1.29 is 9.53 Å². The van der Waals surface area contributed by atoms with Crippen LogP contribution in [0.15, 0.2) is 30.3 Å². The third-order valence-corrected chi connectivity index (χ3v) is 2.61. The molecule has 0 bridgehead atoms. The minimum atomic E-state index is -0.464. The Morgan fingerprint density at radius 1 is 1.25 bits per heavy atom. The monoisotopic (exact) mass is 294 g/mol. The Bertz CT molecular complexity index is 441. The molecule has 0 aliphatic heterocycles. The maximum atomic E-state index is 11.4. The van der Waals surface area contributed by atoms with Crippen molar-refractivity contribution >= 4 is 29.0 Å². The zero-order valence-corrected chi connectivity index (χ0v) is 13.0. The fraction of sp³-hybridized carbons (Fsp3) is 0.467. The molecule has 0 aromatic heterocycles. The summed E-state index contributed by atoms with van der Waals surface area (Å²) in [7, 11) is 0. The van der Waals surface area contributed by atoms with Gasteiger partial charge in [0.05, 0.1) is 4.99 Å². The van der Waals surface area contributed by atoms with Crippen molar-refractivity contribution in [3.05, 3.63) is 30.3 Å². The number of thiocarbonyl (C=S) groups is 1. The number of nitrogens with one attached hydrogen (secondary N) is 2. The normalized spacial score (nSPS) is 10.8. The van der Waals surface area contributed by atoms with Crippen LogP contribution in [0.5, 0.6) is 0 Å². The molecule has 0 fully saturated rings. The molecule has 1 rings (SSSR count). The molecule has 0 spiro atoms. The van der Waals surface area contributed by atoms with Crippen LogP contribution < -0.4 is 10.6 Å². The van der Waals surface area contributed by atoms with Crippen LogP contribution in [0.2, 0.25) is 0 Å². The maximum absolute atomic E-state index is 11.4. The van der Waals surface area contributed by atoms with E-state index in [0.29, 0.717) is 6.54 Å². The number of carbonyl (C=O) groups is 1. The van der Waals surface area contributed by atoms with Crippen molar-refractivity contribution in [3.8, 4) is 0 Å². The average molecular weight is 294 g/mol. The number of benzene rings is 1. The summed E-state index contributed by atoms with van der Waals surface area (Å²) in [5, 5.41) is 5.87. The fourth-order valence-corrected chi connectivity index (χ4v) is 1.76. The first kappa shape index (κ1) is 16.4. The number of para-hydroxylation sites is 1. The summed E-state index contributed by atoms with van der Waals surface area (Å²) < 4.78 is 5.14. The highest BCUT2D eigenvalue weighted by Gasteiger charge is 2.15. The van der Waals surface area contributed by atoms with E-state index in [-0.39, 0.29) is 6.09 Å². The maximum Gasteiger partial charge on any atom is 0.407 e. The van der Waals surface area contributed by atoms with Crippen LogP contribution in [-0.2, 0) is 4.74 Å². The second-order valence-corrected chi connectivity index (χ2v) is 5.94. The van der Waals surface area contributed by atoms with E-state index >= 15 is 0 Å². The number of anilines is 1. The highest BCUT2D eigenvalue weighted by Crippen LogP contribution is 2.08. The smallest absolute Gasteiger partial charge is 0.407 e. The van der Waals surface area contributed by atoms with Gasteiger partial charge in [0, 0.05) is 12.2 Å². The standard InChI is InChI=1S/C15H22N2O2S/c1-15(2,3)19-14(18)16-11-7-10-13(20)17-12-8-5-4-6-9-12/h4-6,8-9H,7,10-11H2,1-3H3,(H,16,18)(H,17,20). The SMILES string of the molecule is CC(C)(C)OC(=O)NCCCC(=S)Nc1ccccc1. The van der Waals surface area contributed by atoms with Gasteiger partial charge in [0.15, 0.2) is 0 Å². The Labute approximate surface area is 125 Å². The lowest BCUT2D eigenvalue weighted by Crippen LogP contribution is -2.33. The number of hydrogen-bond donors (Lipinski definition) is 2. The van der Waals surface area contributed by atoms with Crippen LogP contribution in [0, 0.1) is 0 Å². The number of carbonyl (C=O) groups excluding carboxylic acids is 1. The second-order valence-electron chi connectivity index (χ2n) is 5.45. The highest BCUT2D eigenvalue weighted by atomic mass is 32.1. The van der Waals surface area contributed by atoms with Crippen molar-refractivity contribution in [2.75, 3.05) is 11.9 Å². The molecule has 0 heterocycles. The number of hydrogen-bond acceptors (Lipinski definition) is 3. The molecular weight excluding hydrogens is 272 g/mol. The van der Waals surface area contributed by atoms with E-state index in [9.17, 15) is 4.79 Å². The Morgan fingerprint density at radius 3 is 2.50 bits per heavy atom. The summed E-state index contributed by atoms with van der Waals surface area (Å²) in [5.74, 6) is 0. The first-order valence-electron chi connectivity index (χ1n) is 6.68. The van der Waals surface area contributed by atoms with E-state index in [1.807, 2.05) is 51.1 Å². The van der Waals surface area contributed by atoms with Gasteiger partial charge in [0.25, 0.3) is 0 Å². The molecule has 0 unspecified atom stereocenters. The lowest BCUT2D eigenvalue weighted by atomic mass is 10.2. The molecular formula is C15H22N2O2S. The van der Waals surface area contributed by atoms with Crippen LogP contribution in [0.25, 0.3) is 0 Å². The molecule has 1 aromatic rings. The summed E-state index contributed by atoms with van der Waals surface area (Å²) in [4.78, 5) is 12.2. The number of rotatable bonds is 5. The number of alkyl carbamates (subject to hydrolysis) is 1. The number of ether oxygens (including phenoxy) is 1. The van der Waals surface area contributed by atoms with Gasteiger partial charge in [-0.25, -0.2) is 4.79 Å². The average Bonchev–Trinajstić information content (AvgIpc) is 2.34. The van der Waals surface area contributed by atoms with E-state index < -0.39 is 5.60 Å². The lowest BCUT2D eigenvalue weighted by molar-refractivity contribution is 0.0527. The molecule has 0 aliphatic rings. The Morgan fingerprint density at radius 2 is 1.90 bits per heavy atom. The largest absolute Gasteiger partial charge is 0.444 e. The van der Waals surface area contributed by atoms with Crippen LogP contribution in [0.3, 0.4) is 0 Å². The van der Waals surface area contributed by atoms with Gasteiger partial charge in [0.1, 0.15) is 5.60 Å². The first-order chi connectivity index (χ1) is 9.37. The Kier molecular flexibility index (Phi) is 6.45. The lowest BCUT2D eigenvalue weighted by Gasteiger charge is -2.19. The molecule has 0 atom stereocenters. The molecule has 5 heteroatoms. The van der Waals surface area contributed by atoms with Crippen molar-refractivity contribution in [1.29, 1.82) is 0 Å². The van der Waals surface area contributed by atoms with E-state index in [1.54, 1.807) is 0 Å². The number of amides is 1. The van der Waals surface area contributed by atoms with Gasteiger partial charge < -0.3 is 15.4 Å². The van der Waals surface area contributed by atoms with Crippen molar-refractivity contribution in [2.45, 2.75) is 39.2 Å². The zero-order chi connectivity index (χ0) is 15.0. The van der Waals surface area contributed by atoms with Gasteiger partial charge >= 0.3 is 6.09 Å². The van der Waals surface area contributed by atoms with E-state index in [4.69, 9.17) is 17.0 Å². The highest BCUT2D eigenvalue weighted by molar-refractivity contribution is 7.80. The molecule has 0 saturated carbocycles. The van der Waals surface area contributed by atoms with Crippen LogP contribution in [0.4, 0.5) is 10.5 Å². The predicted octanol–water partition coefficient (Wildman–Crippen LogP) is 3.73. The predicted molar refractivity (Wildman–Crippen MR) is 86.1 cm³/mol. The molecule has 0 radical (unpaired) electrons. The van der Waals surface area contributed by atoms with Crippen LogP contribution >= 0.6 is 12.2 Å². The van der Waals surface area contributed by atoms with E-state index in [0.717, 1.165) is 23.5 Å². The second kappa shape index (κ2) is 7.85. The summed E-state index contributed by atoms with van der Waals surface area (Å²) in [5.41, 5.74) is 0.520. The molecule has 0 aliphatic carbocycles. The zero-order valence-electron chi connectivity index (χ0n) is 12.2. The Hall–Kier alpha value is -1.62. The van der Waals surface area contributed by atoms with Gasteiger partial charge in [0.2, 0.25) is 0 Å². The summed E-state index contributed by atoms with van der Waals surface area (Å²) in [6.45, 7) is 6.06. The Balaban J connectivity index is 2.15. The fourth-order valence-electron chi connectivity index (χ4n) is 1.50. The van der Waals surface area contributed by atoms with Crippen molar-refractivity contribution in [1.82, 2.24) is 5.32 Å². The quantitative estimate of drug-likeness (QED) is 0.642. The van der Waals surface area contributed by atoms with Gasteiger partial charge in [-0.1, -0.05) is 30.4 Å². The minimum absolute atomic E-state index is 0.389.